The largest absolute Gasteiger partial charge is 0.459 e. The van der Waals surface area contributed by atoms with Crippen LogP contribution >= 0.6 is 0 Å². The highest BCUT2D eigenvalue weighted by Crippen LogP contribution is 2.38. The number of hydrogen-bond donors (Lipinski definition) is 2. The highest BCUT2D eigenvalue weighted by molar-refractivity contribution is 5.71. The smallest absolute Gasteiger partial charge is 0.335 e. The number of halogens is 1. The molecule has 1 aliphatic heterocycles. The molecule has 2 rings (SSSR count). The first-order valence-corrected chi connectivity index (χ1v) is 9.19. The van der Waals surface area contributed by atoms with E-state index < -0.39 is 78.7 Å². The molecule has 12 heteroatoms. The topological polar surface area (TPSA) is 146 Å². The normalized spacial score (nSPS) is 26.7. The molecular formula is C18H25FN2O9. The van der Waals surface area contributed by atoms with Crippen LogP contribution in [0.1, 0.15) is 35.3 Å². The van der Waals surface area contributed by atoms with Gasteiger partial charge in [0.05, 0.1) is 13.2 Å². The van der Waals surface area contributed by atoms with E-state index in [4.69, 9.17) is 15.6 Å². The van der Waals surface area contributed by atoms with Crippen LogP contribution in [0.4, 0.5) is 4.39 Å². The molecule has 1 aromatic heterocycles. The standard InChI is InChI=1S/C18H25FN2O9/c1-9(2)15(25)28-7-18(19)13(24)12(23)14(30-18)20-6-5-11(22)21(17(20)27)8-29-16(26)10(3)4/h5-6,9-10,12-14,23-24H,7-8H2,1-4H3/t12-,13+,14-,18-/m1/s1/i5D. The van der Waals surface area contributed by atoms with E-state index in [-0.39, 0.29) is 0 Å². The van der Waals surface area contributed by atoms with Crippen LogP contribution in [-0.4, -0.2) is 56.0 Å². The Kier molecular flexibility index (Phi) is 6.68. The number of ether oxygens (including phenoxy) is 3. The molecule has 11 nitrogen and oxygen atoms in total. The van der Waals surface area contributed by atoms with Crippen molar-refractivity contribution in [2.45, 2.75) is 58.7 Å². The van der Waals surface area contributed by atoms with E-state index in [1.165, 1.54) is 27.7 Å². The second-order valence-electron chi connectivity index (χ2n) is 7.44. The van der Waals surface area contributed by atoms with Crippen LogP contribution in [0.2, 0.25) is 0 Å². The molecule has 168 valence electrons. The van der Waals surface area contributed by atoms with Crippen LogP contribution in [0.25, 0.3) is 0 Å². The van der Waals surface area contributed by atoms with Crippen molar-refractivity contribution in [1.82, 2.24) is 9.13 Å². The zero-order chi connectivity index (χ0) is 23.7. The molecule has 0 spiro atoms. The van der Waals surface area contributed by atoms with Crippen molar-refractivity contribution in [3.63, 3.8) is 0 Å². The highest BCUT2D eigenvalue weighted by Gasteiger charge is 2.57. The quantitative estimate of drug-likeness (QED) is 0.532. The fourth-order valence-corrected chi connectivity index (χ4v) is 2.50. The lowest BCUT2D eigenvalue weighted by molar-refractivity contribution is -0.218. The first kappa shape index (κ1) is 22.1. The van der Waals surface area contributed by atoms with E-state index in [0.29, 0.717) is 15.3 Å². The first-order chi connectivity index (χ1) is 14.3. The number of rotatable bonds is 7. The van der Waals surface area contributed by atoms with Crippen molar-refractivity contribution in [3.8, 4) is 0 Å². The number of aliphatic hydroxyl groups excluding tert-OH is 2. The average molecular weight is 433 g/mol. The number of carbonyl (C=O) groups excluding carboxylic acids is 2. The van der Waals surface area contributed by atoms with Crippen molar-refractivity contribution in [2.24, 2.45) is 11.8 Å². The number of nitrogens with zero attached hydrogens (tertiary/aromatic N) is 2. The Hall–Kier alpha value is -2.57. The van der Waals surface area contributed by atoms with Crippen molar-refractivity contribution in [1.29, 1.82) is 0 Å². The van der Waals surface area contributed by atoms with Gasteiger partial charge in [-0.1, -0.05) is 27.7 Å². The van der Waals surface area contributed by atoms with Crippen molar-refractivity contribution < 1.29 is 39.8 Å². The lowest BCUT2D eigenvalue weighted by Crippen LogP contribution is -2.44. The van der Waals surface area contributed by atoms with E-state index in [1.54, 1.807) is 0 Å². The number of esters is 2. The van der Waals surface area contributed by atoms with E-state index in [2.05, 4.69) is 0 Å². The predicted octanol–water partition coefficient (Wildman–Crippen LogP) is -0.718. The summed E-state index contributed by atoms with van der Waals surface area (Å²) in [4.78, 5) is 48.1. The fraction of sp³-hybridized carbons (Fsp3) is 0.667. The number of hydrogen-bond acceptors (Lipinski definition) is 9. The van der Waals surface area contributed by atoms with Gasteiger partial charge in [-0.25, -0.2) is 13.8 Å². The van der Waals surface area contributed by atoms with Crippen LogP contribution in [0.5, 0.6) is 0 Å². The Morgan fingerprint density at radius 1 is 1.23 bits per heavy atom. The Morgan fingerprint density at radius 3 is 2.37 bits per heavy atom. The predicted molar refractivity (Wildman–Crippen MR) is 97.7 cm³/mol. The minimum Gasteiger partial charge on any atom is -0.459 e. The van der Waals surface area contributed by atoms with Gasteiger partial charge in [-0.2, -0.15) is 0 Å². The molecule has 0 unspecified atom stereocenters. The summed E-state index contributed by atoms with van der Waals surface area (Å²) in [6.45, 7) is 4.18. The summed E-state index contributed by atoms with van der Waals surface area (Å²) in [5.41, 5.74) is -2.28. The lowest BCUT2D eigenvalue weighted by atomic mass is 10.1. The van der Waals surface area contributed by atoms with Crippen LogP contribution in [-0.2, 0) is 30.5 Å². The molecule has 1 saturated heterocycles. The van der Waals surface area contributed by atoms with E-state index in [9.17, 15) is 29.4 Å². The summed E-state index contributed by atoms with van der Waals surface area (Å²) in [7, 11) is 0. The van der Waals surface area contributed by atoms with Crippen molar-refractivity contribution in [2.75, 3.05) is 6.61 Å². The molecule has 0 bridgehead atoms. The van der Waals surface area contributed by atoms with Crippen molar-refractivity contribution >= 4 is 11.9 Å². The maximum Gasteiger partial charge on any atom is 0.335 e. The minimum atomic E-state index is -3.05. The highest BCUT2D eigenvalue weighted by atomic mass is 19.2. The van der Waals surface area contributed by atoms with Gasteiger partial charge in [0.2, 0.25) is 0 Å². The maximum absolute atomic E-state index is 15.1. The van der Waals surface area contributed by atoms with Gasteiger partial charge in [0.25, 0.3) is 11.4 Å². The fourth-order valence-electron chi connectivity index (χ4n) is 2.50. The molecule has 0 aromatic carbocycles. The summed E-state index contributed by atoms with van der Waals surface area (Å²) in [5.74, 6) is -5.68. The van der Waals surface area contributed by atoms with Crippen molar-refractivity contribution in [3.05, 3.63) is 33.1 Å². The Labute approximate surface area is 172 Å². The second kappa shape index (κ2) is 9.06. The van der Waals surface area contributed by atoms with Crippen LogP contribution in [0, 0.1) is 11.8 Å². The zero-order valence-corrected chi connectivity index (χ0v) is 16.9. The van der Waals surface area contributed by atoms with Gasteiger partial charge < -0.3 is 24.4 Å². The Morgan fingerprint density at radius 2 is 1.80 bits per heavy atom. The summed E-state index contributed by atoms with van der Waals surface area (Å²) >= 11 is 0. The average Bonchev–Trinajstić information content (AvgIpc) is 2.93. The van der Waals surface area contributed by atoms with Crippen LogP contribution < -0.4 is 11.2 Å². The second-order valence-corrected chi connectivity index (χ2v) is 7.44. The van der Waals surface area contributed by atoms with Crippen LogP contribution in [0.3, 0.4) is 0 Å². The molecule has 4 atom stereocenters. The molecule has 1 aromatic rings. The minimum absolute atomic E-state index is 0.391. The SMILES string of the molecule is [2H]c1cn([C@@H]2O[C@](F)(COC(=O)C(C)C)[C@@H](O)[C@H]2O)c(=O)n(COC(=O)C(C)C)c1=O. The molecule has 0 aliphatic carbocycles. The van der Waals surface area contributed by atoms with Gasteiger partial charge in [-0.05, 0) is 0 Å². The molecule has 0 saturated carbocycles. The summed E-state index contributed by atoms with van der Waals surface area (Å²) in [5, 5.41) is 20.3. The van der Waals surface area contributed by atoms with Gasteiger partial charge in [0.15, 0.2) is 19.6 Å². The van der Waals surface area contributed by atoms with Gasteiger partial charge >= 0.3 is 17.6 Å². The number of alkyl halides is 1. The third-order valence-corrected chi connectivity index (χ3v) is 4.36. The first-order valence-electron chi connectivity index (χ1n) is 9.69. The Balaban J connectivity index is 2.35. The monoisotopic (exact) mass is 433 g/mol. The lowest BCUT2D eigenvalue weighted by Gasteiger charge is -2.23. The van der Waals surface area contributed by atoms with Gasteiger partial charge in [-0.3, -0.25) is 19.0 Å². The molecule has 2 heterocycles. The summed E-state index contributed by atoms with van der Waals surface area (Å²) in [6, 6.07) is -0.743. The molecule has 1 aliphatic rings. The van der Waals surface area contributed by atoms with Crippen LogP contribution in [0.15, 0.2) is 21.8 Å². The molecule has 0 amide bonds. The third kappa shape index (κ3) is 4.77. The molecule has 30 heavy (non-hydrogen) atoms. The number of aliphatic hydroxyl groups is 2. The van der Waals surface area contributed by atoms with Gasteiger partial charge in [0.1, 0.15) is 12.2 Å². The van der Waals surface area contributed by atoms with Gasteiger partial charge in [0, 0.05) is 12.2 Å². The number of carbonyl (C=O) groups is 2. The third-order valence-electron chi connectivity index (χ3n) is 4.36. The summed E-state index contributed by atoms with van der Waals surface area (Å²) < 4.78 is 38.3. The molecule has 0 radical (unpaired) electrons. The zero-order valence-electron chi connectivity index (χ0n) is 17.9. The van der Waals surface area contributed by atoms with E-state index in [0.717, 1.165) is 0 Å². The molecule has 2 N–H and O–H groups in total. The molecule has 1 fully saturated rings. The van der Waals surface area contributed by atoms with E-state index >= 15 is 4.39 Å². The maximum atomic E-state index is 15.1. The summed E-state index contributed by atoms with van der Waals surface area (Å²) in [6.07, 6.45) is -5.39. The number of aromatic nitrogens is 2. The van der Waals surface area contributed by atoms with Gasteiger partial charge in [-0.15, -0.1) is 0 Å². The Bertz CT molecular complexity index is 960. The molecular weight excluding hydrogens is 407 g/mol. The van der Waals surface area contributed by atoms with E-state index in [1.807, 2.05) is 0 Å².